The first-order valence-electron chi connectivity index (χ1n) is 6.01. The minimum absolute atomic E-state index is 0.245. The second-order valence-corrected chi connectivity index (χ2v) is 3.98. The number of nitrogens with zero attached hydrogens (tertiary/aromatic N) is 4. The van der Waals surface area contributed by atoms with Gasteiger partial charge in [-0.25, -0.2) is 14.8 Å². The zero-order valence-corrected chi connectivity index (χ0v) is 10.8. The van der Waals surface area contributed by atoms with Crippen LogP contribution in [0.3, 0.4) is 0 Å². The molecule has 0 unspecified atom stereocenters. The molecule has 8 heteroatoms. The quantitative estimate of drug-likeness (QED) is 0.843. The molecule has 8 nitrogen and oxygen atoms in total. The lowest BCUT2D eigenvalue weighted by Crippen LogP contribution is -2.19. The number of carbonyl (C=O) groups excluding carboxylic acids is 1. The van der Waals surface area contributed by atoms with E-state index in [1.54, 1.807) is 16.9 Å². The molecule has 0 aliphatic rings. The SMILES string of the molecule is CCCn1ccc(NC(=O)c2nccnc2C(=O)O)n1. The fourth-order valence-corrected chi connectivity index (χ4v) is 1.62. The molecule has 0 spiro atoms. The molecular weight excluding hydrogens is 262 g/mol. The van der Waals surface area contributed by atoms with Crippen LogP contribution in [0.5, 0.6) is 0 Å². The van der Waals surface area contributed by atoms with Gasteiger partial charge in [-0.1, -0.05) is 6.92 Å². The van der Waals surface area contributed by atoms with Crippen molar-refractivity contribution in [2.24, 2.45) is 0 Å². The van der Waals surface area contributed by atoms with Gasteiger partial charge in [-0.3, -0.25) is 9.48 Å². The molecule has 2 rings (SSSR count). The molecule has 0 aliphatic heterocycles. The van der Waals surface area contributed by atoms with E-state index in [1.807, 2.05) is 6.92 Å². The number of nitrogens with one attached hydrogen (secondary N) is 1. The standard InChI is InChI=1S/C12H13N5O3/c1-2-6-17-7-3-8(16-17)15-11(18)9-10(12(19)20)14-5-4-13-9/h3-5,7H,2,6H2,1H3,(H,19,20)(H,15,16,18). The third-order valence-electron chi connectivity index (χ3n) is 2.45. The molecule has 0 radical (unpaired) electrons. The zero-order valence-electron chi connectivity index (χ0n) is 10.8. The molecule has 0 saturated carbocycles. The van der Waals surface area contributed by atoms with E-state index in [4.69, 9.17) is 5.11 Å². The van der Waals surface area contributed by atoms with Crippen LogP contribution in [0.2, 0.25) is 0 Å². The van der Waals surface area contributed by atoms with Gasteiger partial charge in [0, 0.05) is 31.2 Å². The minimum Gasteiger partial charge on any atom is -0.476 e. The van der Waals surface area contributed by atoms with E-state index in [2.05, 4.69) is 20.4 Å². The Kier molecular flexibility index (Phi) is 4.04. The van der Waals surface area contributed by atoms with E-state index in [9.17, 15) is 9.59 Å². The highest BCUT2D eigenvalue weighted by atomic mass is 16.4. The van der Waals surface area contributed by atoms with Gasteiger partial charge in [-0.2, -0.15) is 5.10 Å². The Hall–Kier alpha value is -2.77. The van der Waals surface area contributed by atoms with Gasteiger partial charge < -0.3 is 10.4 Å². The van der Waals surface area contributed by atoms with Crippen LogP contribution in [0, 0.1) is 0 Å². The Labute approximate surface area is 114 Å². The Balaban J connectivity index is 2.17. The highest BCUT2D eigenvalue weighted by Gasteiger charge is 2.19. The highest BCUT2D eigenvalue weighted by Crippen LogP contribution is 2.08. The van der Waals surface area contributed by atoms with Crippen molar-refractivity contribution in [2.75, 3.05) is 5.32 Å². The number of amides is 1. The van der Waals surface area contributed by atoms with Gasteiger partial charge in [0.25, 0.3) is 5.91 Å². The van der Waals surface area contributed by atoms with E-state index < -0.39 is 17.6 Å². The molecule has 104 valence electrons. The first kappa shape index (κ1) is 13.7. The minimum atomic E-state index is -1.31. The lowest BCUT2D eigenvalue weighted by atomic mass is 10.3. The van der Waals surface area contributed by atoms with Gasteiger partial charge >= 0.3 is 5.97 Å². The number of aromatic carboxylic acids is 1. The number of aromatic nitrogens is 4. The molecule has 2 aromatic heterocycles. The Morgan fingerprint density at radius 1 is 1.30 bits per heavy atom. The summed E-state index contributed by atoms with van der Waals surface area (Å²) in [4.78, 5) is 30.3. The topological polar surface area (TPSA) is 110 Å². The zero-order chi connectivity index (χ0) is 14.5. The number of aryl methyl sites for hydroxylation is 1. The maximum absolute atomic E-state index is 12.0. The molecule has 0 aromatic carbocycles. The number of carbonyl (C=O) groups is 2. The summed E-state index contributed by atoms with van der Waals surface area (Å²) in [5.41, 5.74) is -0.636. The van der Waals surface area contributed by atoms with Gasteiger partial charge in [-0.05, 0) is 6.42 Å². The molecule has 0 aliphatic carbocycles. The molecule has 1 amide bonds. The van der Waals surface area contributed by atoms with E-state index in [0.29, 0.717) is 5.82 Å². The normalized spacial score (nSPS) is 10.2. The van der Waals surface area contributed by atoms with E-state index in [1.165, 1.54) is 12.4 Å². The summed E-state index contributed by atoms with van der Waals surface area (Å²) in [5.74, 6) is -1.62. The summed E-state index contributed by atoms with van der Waals surface area (Å²) in [5, 5.41) is 15.6. The fourth-order valence-electron chi connectivity index (χ4n) is 1.62. The molecule has 0 atom stereocenters. The second-order valence-electron chi connectivity index (χ2n) is 3.98. The number of rotatable bonds is 5. The van der Waals surface area contributed by atoms with Crippen molar-refractivity contribution in [3.8, 4) is 0 Å². The molecule has 2 N–H and O–H groups in total. The van der Waals surface area contributed by atoms with E-state index >= 15 is 0 Å². The Bertz CT molecular complexity index is 638. The summed E-state index contributed by atoms with van der Waals surface area (Å²) in [6.07, 6.45) is 5.13. The Morgan fingerprint density at radius 3 is 2.65 bits per heavy atom. The van der Waals surface area contributed by atoms with Gasteiger partial charge in [0.1, 0.15) is 0 Å². The summed E-state index contributed by atoms with van der Waals surface area (Å²) in [6.45, 7) is 2.75. The number of carboxylic acids is 1. The van der Waals surface area contributed by atoms with Crippen molar-refractivity contribution in [1.82, 2.24) is 19.7 Å². The molecule has 0 bridgehead atoms. The maximum Gasteiger partial charge on any atom is 0.356 e. The lowest BCUT2D eigenvalue weighted by Gasteiger charge is -2.03. The summed E-state index contributed by atoms with van der Waals surface area (Å²) >= 11 is 0. The number of hydrogen-bond acceptors (Lipinski definition) is 5. The van der Waals surface area contributed by atoms with Gasteiger partial charge in [-0.15, -0.1) is 0 Å². The number of carboxylic acid groups (broad SMARTS) is 1. The predicted octanol–water partition coefficient (Wildman–Crippen LogP) is 1.03. The average molecular weight is 275 g/mol. The molecule has 0 fully saturated rings. The molecule has 2 heterocycles. The molecule has 0 saturated heterocycles. The van der Waals surface area contributed by atoms with Crippen LogP contribution in [-0.2, 0) is 6.54 Å². The fraction of sp³-hybridized carbons (Fsp3) is 0.250. The van der Waals surface area contributed by atoms with Crippen molar-refractivity contribution in [3.05, 3.63) is 36.0 Å². The van der Waals surface area contributed by atoms with Crippen molar-refractivity contribution < 1.29 is 14.7 Å². The van der Waals surface area contributed by atoms with Crippen LogP contribution < -0.4 is 5.32 Å². The van der Waals surface area contributed by atoms with Crippen molar-refractivity contribution >= 4 is 17.7 Å². The first-order valence-corrected chi connectivity index (χ1v) is 6.01. The van der Waals surface area contributed by atoms with Gasteiger partial charge in [0.2, 0.25) is 0 Å². The lowest BCUT2D eigenvalue weighted by molar-refractivity contribution is 0.0685. The van der Waals surface area contributed by atoms with Gasteiger partial charge in [0.15, 0.2) is 17.2 Å². The predicted molar refractivity (Wildman–Crippen MR) is 69.5 cm³/mol. The monoisotopic (exact) mass is 275 g/mol. The van der Waals surface area contributed by atoms with Crippen LogP contribution in [0.15, 0.2) is 24.7 Å². The maximum atomic E-state index is 12.0. The third kappa shape index (κ3) is 2.97. The van der Waals surface area contributed by atoms with Crippen molar-refractivity contribution in [1.29, 1.82) is 0 Å². The van der Waals surface area contributed by atoms with Crippen LogP contribution in [0.1, 0.15) is 34.3 Å². The molecule has 2 aromatic rings. The van der Waals surface area contributed by atoms with Crippen LogP contribution >= 0.6 is 0 Å². The van der Waals surface area contributed by atoms with E-state index in [0.717, 1.165) is 13.0 Å². The van der Waals surface area contributed by atoms with Crippen molar-refractivity contribution in [2.45, 2.75) is 19.9 Å². The molecule has 20 heavy (non-hydrogen) atoms. The summed E-state index contributed by atoms with van der Waals surface area (Å²) in [7, 11) is 0. The highest BCUT2D eigenvalue weighted by molar-refractivity contribution is 6.08. The first-order chi connectivity index (χ1) is 9.61. The number of hydrogen-bond donors (Lipinski definition) is 2. The largest absolute Gasteiger partial charge is 0.476 e. The second kappa shape index (κ2) is 5.91. The van der Waals surface area contributed by atoms with Crippen LogP contribution in [0.25, 0.3) is 0 Å². The van der Waals surface area contributed by atoms with Crippen LogP contribution in [-0.4, -0.2) is 36.7 Å². The average Bonchev–Trinajstić information content (AvgIpc) is 2.86. The Morgan fingerprint density at radius 2 is 2.00 bits per heavy atom. The van der Waals surface area contributed by atoms with Crippen LogP contribution in [0.4, 0.5) is 5.82 Å². The summed E-state index contributed by atoms with van der Waals surface area (Å²) < 4.78 is 1.68. The smallest absolute Gasteiger partial charge is 0.356 e. The van der Waals surface area contributed by atoms with Crippen molar-refractivity contribution in [3.63, 3.8) is 0 Å². The number of anilines is 1. The van der Waals surface area contributed by atoms with Gasteiger partial charge in [0.05, 0.1) is 0 Å². The molecular formula is C12H13N5O3. The van der Waals surface area contributed by atoms with E-state index in [-0.39, 0.29) is 5.69 Å². The third-order valence-corrected chi connectivity index (χ3v) is 2.45. The summed E-state index contributed by atoms with van der Waals surface area (Å²) in [6, 6.07) is 1.63.